The molecule has 0 bridgehead atoms. The number of carbonyl (C=O) groups excluding carboxylic acids is 1. The Morgan fingerprint density at radius 1 is 1.03 bits per heavy atom. The molecular weight excluding hydrogens is 390 g/mol. The summed E-state index contributed by atoms with van der Waals surface area (Å²) in [7, 11) is 3.10. The molecule has 29 heavy (non-hydrogen) atoms. The number of ether oxygens (including phenoxy) is 1. The van der Waals surface area contributed by atoms with Gasteiger partial charge in [0.15, 0.2) is 0 Å². The van der Waals surface area contributed by atoms with E-state index in [9.17, 15) is 13.2 Å². The van der Waals surface area contributed by atoms with Gasteiger partial charge < -0.3 is 9.64 Å². The lowest BCUT2D eigenvalue weighted by molar-refractivity contribution is 0.0588. The summed E-state index contributed by atoms with van der Waals surface area (Å²) in [4.78, 5) is 16.8. The molecule has 2 aromatic carbocycles. The Morgan fingerprint density at radius 2 is 1.66 bits per heavy atom. The van der Waals surface area contributed by atoms with Crippen molar-refractivity contribution in [3.63, 3.8) is 0 Å². The van der Waals surface area contributed by atoms with Gasteiger partial charge in [-0.1, -0.05) is 18.2 Å². The van der Waals surface area contributed by atoms with Crippen molar-refractivity contribution in [2.45, 2.75) is 18.0 Å². The van der Waals surface area contributed by atoms with Crippen LogP contribution in [-0.4, -0.2) is 62.5 Å². The van der Waals surface area contributed by atoms with Crippen molar-refractivity contribution in [1.29, 1.82) is 0 Å². The van der Waals surface area contributed by atoms with Crippen molar-refractivity contribution in [1.82, 2.24) is 13.8 Å². The lowest BCUT2D eigenvalue weighted by Gasteiger charge is -2.30. The largest absolute Gasteiger partial charge is 0.497 e. The van der Waals surface area contributed by atoms with E-state index in [0.717, 1.165) is 0 Å². The smallest absolute Gasteiger partial charge is 0.268 e. The third kappa shape index (κ3) is 3.73. The summed E-state index contributed by atoms with van der Waals surface area (Å²) >= 11 is 0. The highest BCUT2D eigenvalue weighted by Gasteiger charge is 2.26. The Hall–Kier alpha value is -2.84. The Labute approximate surface area is 171 Å². The van der Waals surface area contributed by atoms with Gasteiger partial charge in [0, 0.05) is 18.6 Å². The minimum absolute atomic E-state index is 0.119. The Bertz CT molecular complexity index is 1130. The minimum Gasteiger partial charge on any atom is -0.497 e. The van der Waals surface area contributed by atoms with Crippen LogP contribution in [0.3, 0.4) is 0 Å². The number of fused-ring (bicyclic) bond motifs is 1. The number of aromatic nitrogens is 1. The molecule has 7 nitrogen and oxygen atoms in total. The fourth-order valence-electron chi connectivity index (χ4n) is 3.09. The van der Waals surface area contributed by atoms with Gasteiger partial charge in [-0.2, -0.15) is 0 Å². The summed E-state index contributed by atoms with van der Waals surface area (Å²) in [5.74, 6) is 0.322. The summed E-state index contributed by atoms with van der Waals surface area (Å²) in [5.41, 5.74) is 0.798. The fourth-order valence-corrected chi connectivity index (χ4v) is 4.46. The van der Waals surface area contributed by atoms with Crippen LogP contribution in [0.2, 0.25) is 0 Å². The molecule has 0 aliphatic rings. The van der Waals surface area contributed by atoms with E-state index in [1.54, 1.807) is 48.3 Å². The molecule has 1 heterocycles. The van der Waals surface area contributed by atoms with E-state index in [1.807, 2.05) is 25.9 Å². The number of para-hydroxylation sites is 1. The second-order valence-corrected chi connectivity index (χ2v) is 8.86. The molecule has 0 fully saturated rings. The quantitative estimate of drug-likeness (QED) is 0.579. The van der Waals surface area contributed by atoms with Gasteiger partial charge >= 0.3 is 0 Å². The summed E-state index contributed by atoms with van der Waals surface area (Å²) in [5, 5.41) is 0.590. The Kier molecular flexibility index (Phi) is 5.68. The number of rotatable bonds is 6. The zero-order chi connectivity index (χ0) is 21.3. The predicted octanol–water partition coefficient (Wildman–Crippen LogP) is 2.87. The van der Waals surface area contributed by atoms with E-state index >= 15 is 0 Å². The van der Waals surface area contributed by atoms with Crippen LogP contribution < -0.4 is 4.74 Å². The van der Waals surface area contributed by atoms with Crippen molar-refractivity contribution in [3.8, 4) is 5.75 Å². The fraction of sp³-hybridized carbons (Fsp3) is 0.286. The van der Waals surface area contributed by atoms with Crippen molar-refractivity contribution >= 4 is 26.8 Å². The normalized spacial score (nSPS) is 12.9. The molecular formula is C21H25N3O4S. The van der Waals surface area contributed by atoms with Gasteiger partial charge in [-0.05, 0) is 51.4 Å². The van der Waals surface area contributed by atoms with Gasteiger partial charge in [-0.15, -0.1) is 0 Å². The first-order valence-corrected chi connectivity index (χ1v) is 10.6. The molecule has 3 aromatic rings. The molecule has 0 radical (unpaired) electrons. The van der Waals surface area contributed by atoms with Crippen LogP contribution in [0, 0.1) is 0 Å². The molecule has 0 N–H and O–H groups in total. The SMILES string of the molecule is COc1ccc(S(=O)(=O)n2cc(C(=O)N(C)C(C)N(C)C)c3ccccc32)cc1. The third-order valence-corrected chi connectivity index (χ3v) is 6.84. The molecule has 1 atom stereocenters. The second-order valence-electron chi connectivity index (χ2n) is 7.05. The molecule has 0 saturated heterocycles. The highest BCUT2D eigenvalue weighted by Crippen LogP contribution is 2.28. The molecule has 1 aromatic heterocycles. The molecule has 0 spiro atoms. The number of benzene rings is 2. The summed E-state index contributed by atoms with van der Waals surface area (Å²) in [6.07, 6.45) is 1.26. The van der Waals surface area contributed by atoms with Gasteiger partial charge in [-0.3, -0.25) is 9.69 Å². The average molecular weight is 416 g/mol. The van der Waals surface area contributed by atoms with E-state index in [-0.39, 0.29) is 17.0 Å². The van der Waals surface area contributed by atoms with Crippen LogP contribution in [0.15, 0.2) is 59.6 Å². The number of carbonyl (C=O) groups is 1. The molecule has 1 amide bonds. The topological polar surface area (TPSA) is 71.8 Å². The first kappa shape index (κ1) is 20.9. The number of nitrogens with zero attached hydrogens (tertiary/aromatic N) is 3. The first-order chi connectivity index (χ1) is 13.7. The maximum Gasteiger partial charge on any atom is 0.268 e. The molecule has 154 valence electrons. The zero-order valence-electron chi connectivity index (χ0n) is 17.2. The van der Waals surface area contributed by atoms with E-state index in [0.29, 0.717) is 22.2 Å². The van der Waals surface area contributed by atoms with Gasteiger partial charge in [0.05, 0.1) is 29.3 Å². The minimum atomic E-state index is -3.89. The molecule has 0 aliphatic carbocycles. The van der Waals surface area contributed by atoms with E-state index in [1.165, 1.54) is 29.4 Å². The summed E-state index contributed by atoms with van der Waals surface area (Å²) in [6, 6.07) is 13.2. The van der Waals surface area contributed by atoms with Crippen LogP contribution in [-0.2, 0) is 10.0 Å². The molecule has 0 saturated carbocycles. The molecule has 0 aliphatic heterocycles. The monoisotopic (exact) mass is 415 g/mol. The van der Waals surface area contributed by atoms with E-state index in [4.69, 9.17) is 4.74 Å². The van der Waals surface area contributed by atoms with Crippen molar-refractivity contribution in [3.05, 3.63) is 60.3 Å². The van der Waals surface area contributed by atoms with Gasteiger partial charge in [0.25, 0.3) is 15.9 Å². The van der Waals surface area contributed by atoms with Gasteiger partial charge in [0.1, 0.15) is 5.75 Å². The van der Waals surface area contributed by atoms with Crippen LogP contribution in [0.4, 0.5) is 0 Å². The zero-order valence-corrected chi connectivity index (χ0v) is 18.0. The highest BCUT2D eigenvalue weighted by atomic mass is 32.2. The number of amides is 1. The van der Waals surface area contributed by atoms with E-state index < -0.39 is 10.0 Å². The molecule has 1 unspecified atom stereocenters. The highest BCUT2D eigenvalue weighted by molar-refractivity contribution is 7.90. The van der Waals surface area contributed by atoms with Crippen molar-refractivity contribution in [2.75, 3.05) is 28.3 Å². The van der Waals surface area contributed by atoms with Crippen molar-refractivity contribution in [2.24, 2.45) is 0 Å². The van der Waals surface area contributed by atoms with Crippen LogP contribution in [0.1, 0.15) is 17.3 Å². The first-order valence-electron chi connectivity index (χ1n) is 9.11. The van der Waals surface area contributed by atoms with Gasteiger partial charge in [-0.25, -0.2) is 12.4 Å². The lowest BCUT2D eigenvalue weighted by atomic mass is 10.1. The Morgan fingerprint density at radius 3 is 2.24 bits per heavy atom. The average Bonchev–Trinajstić information content (AvgIpc) is 3.12. The summed E-state index contributed by atoms with van der Waals surface area (Å²) < 4.78 is 32.8. The van der Waals surface area contributed by atoms with Crippen LogP contribution in [0.5, 0.6) is 5.75 Å². The number of hydrogen-bond acceptors (Lipinski definition) is 5. The maximum atomic E-state index is 13.3. The molecule has 3 rings (SSSR count). The van der Waals surface area contributed by atoms with Gasteiger partial charge in [0.2, 0.25) is 0 Å². The Balaban J connectivity index is 2.14. The number of methoxy groups -OCH3 is 1. The van der Waals surface area contributed by atoms with E-state index in [2.05, 4.69) is 0 Å². The third-order valence-electron chi connectivity index (χ3n) is 5.15. The van der Waals surface area contributed by atoms with Crippen molar-refractivity contribution < 1.29 is 17.9 Å². The lowest BCUT2D eigenvalue weighted by Crippen LogP contribution is -2.43. The van der Waals surface area contributed by atoms with Crippen LogP contribution in [0.25, 0.3) is 10.9 Å². The molecule has 8 heteroatoms. The summed E-state index contributed by atoms with van der Waals surface area (Å²) in [6.45, 7) is 1.91. The number of hydrogen-bond donors (Lipinski definition) is 0. The van der Waals surface area contributed by atoms with Crippen LogP contribution >= 0.6 is 0 Å². The second kappa shape index (κ2) is 7.88. The maximum absolute atomic E-state index is 13.3. The predicted molar refractivity (Wildman–Crippen MR) is 113 cm³/mol. The standard InChI is InChI=1S/C21H25N3O4S/c1-15(22(2)3)23(4)21(25)19-14-24(20-9-7-6-8-18(19)20)29(26,27)17-12-10-16(28-5)11-13-17/h6-15H,1-5H3.